The Morgan fingerprint density at radius 3 is 2.38 bits per heavy atom. The van der Waals surface area contributed by atoms with Gasteiger partial charge in [0.1, 0.15) is 5.75 Å². The highest BCUT2D eigenvalue weighted by Gasteiger charge is 2.19. The van der Waals surface area contributed by atoms with Gasteiger partial charge in [0, 0.05) is 12.4 Å². The van der Waals surface area contributed by atoms with Crippen LogP contribution in [0, 0.1) is 20.8 Å². The standard InChI is InChI=1S/C22H21N5O2/c1-13-9-11-23-15(3)20(13)25-22(28)18-10-12-24-21-19(18)14(2)26-27(21)16-5-7-17(29-4)8-6-16/h5-12H,1-4H3,(H,25,28). The maximum Gasteiger partial charge on any atom is 0.256 e. The molecule has 0 saturated heterocycles. The van der Waals surface area contributed by atoms with Crippen LogP contribution in [-0.2, 0) is 0 Å². The first kappa shape index (κ1) is 18.6. The molecule has 7 heteroatoms. The van der Waals surface area contributed by atoms with Crippen molar-refractivity contribution in [1.82, 2.24) is 19.7 Å². The lowest BCUT2D eigenvalue weighted by Gasteiger charge is -2.11. The highest BCUT2D eigenvalue weighted by Crippen LogP contribution is 2.26. The number of pyridine rings is 2. The largest absolute Gasteiger partial charge is 0.497 e. The summed E-state index contributed by atoms with van der Waals surface area (Å²) in [5, 5.41) is 8.34. The lowest BCUT2D eigenvalue weighted by molar-refractivity contribution is 0.102. The van der Waals surface area contributed by atoms with Crippen molar-refractivity contribution in [2.75, 3.05) is 12.4 Å². The molecule has 0 aliphatic rings. The van der Waals surface area contributed by atoms with Gasteiger partial charge in [-0.25, -0.2) is 9.67 Å². The molecule has 3 aromatic heterocycles. The van der Waals surface area contributed by atoms with E-state index in [0.29, 0.717) is 11.2 Å². The maximum absolute atomic E-state index is 13.1. The van der Waals surface area contributed by atoms with Crippen molar-refractivity contribution in [2.24, 2.45) is 0 Å². The van der Waals surface area contributed by atoms with Crippen LogP contribution in [0.2, 0.25) is 0 Å². The van der Waals surface area contributed by atoms with E-state index in [1.165, 1.54) is 0 Å². The van der Waals surface area contributed by atoms with E-state index in [9.17, 15) is 4.79 Å². The van der Waals surface area contributed by atoms with E-state index in [0.717, 1.165) is 39.5 Å². The normalized spacial score (nSPS) is 10.9. The highest BCUT2D eigenvalue weighted by atomic mass is 16.5. The lowest BCUT2D eigenvalue weighted by Crippen LogP contribution is -2.15. The van der Waals surface area contributed by atoms with Gasteiger partial charge in [-0.15, -0.1) is 0 Å². The van der Waals surface area contributed by atoms with E-state index in [-0.39, 0.29) is 5.91 Å². The van der Waals surface area contributed by atoms with Crippen LogP contribution in [0.3, 0.4) is 0 Å². The topological polar surface area (TPSA) is 81.9 Å². The molecular formula is C22H21N5O2. The molecule has 29 heavy (non-hydrogen) atoms. The number of anilines is 1. The molecule has 0 spiro atoms. The minimum Gasteiger partial charge on any atom is -0.497 e. The van der Waals surface area contributed by atoms with Gasteiger partial charge >= 0.3 is 0 Å². The van der Waals surface area contributed by atoms with Crippen LogP contribution in [0.4, 0.5) is 5.69 Å². The summed E-state index contributed by atoms with van der Waals surface area (Å²) >= 11 is 0. The zero-order valence-corrected chi connectivity index (χ0v) is 16.7. The monoisotopic (exact) mass is 387 g/mol. The van der Waals surface area contributed by atoms with Crippen LogP contribution in [0.15, 0.2) is 48.8 Å². The number of carbonyl (C=O) groups excluding carboxylic acids is 1. The molecule has 0 aliphatic carbocycles. The van der Waals surface area contributed by atoms with E-state index >= 15 is 0 Å². The summed E-state index contributed by atoms with van der Waals surface area (Å²) in [6, 6.07) is 11.1. The van der Waals surface area contributed by atoms with Crippen molar-refractivity contribution in [3.05, 3.63) is 71.3 Å². The Balaban J connectivity index is 1.78. The molecule has 0 saturated carbocycles. The third-order valence-electron chi connectivity index (χ3n) is 4.89. The molecule has 4 aromatic rings. The second-order valence-electron chi connectivity index (χ2n) is 6.79. The molecule has 1 aromatic carbocycles. The number of hydrogen-bond acceptors (Lipinski definition) is 5. The number of benzene rings is 1. The smallest absolute Gasteiger partial charge is 0.256 e. The number of carbonyl (C=O) groups is 1. The van der Waals surface area contributed by atoms with Gasteiger partial charge in [0.25, 0.3) is 5.91 Å². The molecule has 0 radical (unpaired) electrons. The SMILES string of the molecule is COc1ccc(-n2nc(C)c3c(C(=O)Nc4c(C)ccnc4C)ccnc32)cc1. The van der Waals surface area contributed by atoms with Gasteiger partial charge in [0.2, 0.25) is 0 Å². The van der Waals surface area contributed by atoms with E-state index < -0.39 is 0 Å². The average molecular weight is 387 g/mol. The first-order chi connectivity index (χ1) is 14.0. The van der Waals surface area contributed by atoms with Gasteiger partial charge in [-0.3, -0.25) is 9.78 Å². The summed E-state index contributed by atoms with van der Waals surface area (Å²) in [4.78, 5) is 21.8. The Morgan fingerprint density at radius 1 is 0.966 bits per heavy atom. The molecular weight excluding hydrogens is 366 g/mol. The number of fused-ring (bicyclic) bond motifs is 1. The Morgan fingerprint density at radius 2 is 1.69 bits per heavy atom. The summed E-state index contributed by atoms with van der Waals surface area (Å²) in [7, 11) is 1.63. The van der Waals surface area contributed by atoms with Crippen LogP contribution in [0.25, 0.3) is 16.7 Å². The Hall–Kier alpha value is -3.74. The van der Waals surface area contributed by atoms with Gasteiger partial charge in [-0.1, -0.05) is 0 Å². The van der Waals surface area contributed by atoms with Gasteiger partial charge in [0.15, 0.2) is 5.65 Å². The zero-order chi connectivity index (χ0) is 20.5. The fraction of sp³-hybridized carbons (Fsp3) is 0.182. The van der Waals surface area contributed by atoms with Crippen molar-refractivity contribution in [2.45, 2.75) is 20.8 Å². The minimum atomic E-state index is -0.214. The molecule has 4 rings (SSSR count). The quantitative estimate of drug-likeness (QED) is 0.572. The molecule has 146 valence electrons. The van der Waals surface area contributed by atoms with Crippen molar-refractivity contribution >= 4 is 22.6 Å². The predicted octanol–water partition coefficient (Wildman–Crippen LogP) is 4.00. The number of rotatable bonds is 4. The van der Waals surface area contributed by atoms with E-state index in [1.54, 1.807) is 30.3 Å². The Labute approximate surface area is 168 Å². The molecule has 0 fully saturated rings. The second kappa shape index (κ2) is 7.35. The number of aromatic nitrogens is 4. The van der Waals surface area contributed by atoms with Crippen LogP contribution >= 0.6 is 0 Å². The average Bonchev–Trinajstić information content (AvgIpc) is 3.07. The van der Waals surface area contributed by atoms with Gasteiger partial charge in [0.05, 0.1) is 40.8 Å². The van der Waals surface area contributed by atoms with Crippen LogP contribution < -0.4 is 10.1 Å². The van der Waals surface area contributed by atoms with E-state index in [2.05, 4.69) is 20.4 Å². The van der Waals surface area contributed by atoms with Crippen LogP contribution in [-0.4, -0.2) is 32.8 Å². The molecule has 0 bridgehead atoms. The number of ether oxygens (including phenoxy) is 1. The third kappa shape index (κ3) is 3.31. The Kier molecular flexibility index (Phi) is 4.72. The highest BCUT2D eigenvalue weighted by molar-refractivity contribution is 6.13. The fourth-order valence-corrected chi connectivity index (χ4v) is 3.37. The van der Waals surface area contributed by atoms with Crippen molar-refractivity contribution in [3.8, 4) is 11.4 Å². The van der Waals surface area contributed by atoms with Crippen LogP contribution in [0.1, 0.15) is 27.3 Å². The molecule has 1 N–H and O–H groups in total. The van der Waals surface area contributed by atoms with Crippen molar-refractivity contribution < 1.29 is 9.53 Å². The number of methoxy groups -OCH3 is 1. The molecule has 3 heterocycles. The predicted molar refractivity (Wildman–Crippen MR) is 112 cm³/mol. The molecule has 7 nitrogen and oxygen atoms in total. The number of nitrogens with one attached hydrogen (secondary N) is 1. The van der Waals surface area contributed by atoms with Crippen molar-refractivity contribution in [3.63, 3.8) is 0 Å². The lowest BCUT2D eigenvalue weighted by atomic mass is 10.1. The molecule has 0 atom stereocenters. The first-order valence-electron chi connectivity index (χ1n) is 9.22. The van der Waals surface area contributed by atoms with Gasteiger partial charge in [-0.2, -0.15) is 5.10 Å². The fourth-order valence-electron chi connectivity index (χ4n) is 3.37. The summed E-state index contributed by atoms with van der Waals surface area (Å²) < 4.78 is 6.96. The summed E-state index contributed by atoms with van der Waals surface area (Å²) in [5.41, 5.74) is 5.18. The Bertz CT molecular complexity index is 1190. The van der Waals surface area contributed by atoms with Gasteiger partial charge < -0.3 is 10.1 Å². The summed E-state index contributed by atoms with van der Waals surface area (Å²) in [6.07, 6.45) is 3.36. The van der Waals surface area contributed by atoms with Crippen molar-refractivity contribution in [1.29, 1.82) is 0 Å². The summed E-state index contributed by atoms with van der Waals surface area (Å²) in [6.45, 7) is 5.69. The van der Waals surface area contributed by atoms with E-state index in [1.807, 2.05) is 51.1 Å². The van der Waals surface area contributed by atoms with Gasteiger partial charge in [-0.05, 0) is 62.7 Å². The number of aryl methyl sites for hydroxylation is 3. The molecule has 1 amide bonds. The number of amides is 1. The number of nitrogens with zero attached hydrogens (tertiary/aromatic N) is 4. The minimum absolute atomic E-state index is 0.214. The molecule has 0 unspecified atom stereocenters. The third-order valence-corrected chi connectivity index (χ3v) is 4.89. The molecule has 0 aliphatic heterocycles. The van der Waals surface area contributed by atoms with E-state index in [4.69, 9.17) is 4.74 Å². The number of hydrogen-bond donors (Lipinski definition) is 1. The second-order valence-corrected chi connectivity index (χ2v) is 6.79. The summed E-state index contributed by atoms with van der Waals surface area (Å²) in [5.74, 6) is 0.547. The maximum atomic E-state index is 13.1. The zero-order valence-electron chi connectivity index (χ0n) is 16.7. The van der Waals surface area contributed by atoms with Crippen LogP contribution in [0.5, 0.6) is 5.75 Å². The first-order valence-corrected chi connectivity index (χ1v) is 9.22.